The van der Waals surface area contributed by atoms with Crippen molar-refractivity contribution in [3.8, 4) is 11.6 Å². The van der Waals surface area contributed by atoms with E-state index in [1.54, 1.807) is 12.1 Å². The van der Waals surface area contributed by atoms with Gasteiger partial charge in [0.15, 0.2) is 12.3 Å². The fourth-order valence-electron chi connectivity index (χ4n) is 2.97. The van der Waals surface area contributed by atoms with Crippen LogP contribution >= 0.6 is 11.6 Å². The molecular formula is C22H23ClF3N3O3. The summed E-state index contributed by atoms with van der Waals surface area (Å²) in [5, 5.41) is 6.39. The van der Waals surface area contributed by atoms with E-state index in [9.17, 15) is 18.0 Å². The molecule has 0 aliphatic heterocycles. The molecule has 0 saturated carbocycles. The lowest BCUT2D eigenvalue weighted by atomic mass is 10.1. The van der Waals surface area contributed by atoms with Gasteiger partial charge in [0.1, 0.15) is 6.10 Å². The van der Waals surface area contributed by atoms with Gasteiger partial charge in [-0.2, -0.15) is 23.0 Å². The molecule has 1 amide bonds. The van der Waals surface area contributed by atoms with Crippen molar-refractivity contribution >= 4 is 17.5 Å². The Balaban J connectivity index is 1.60. The molecule has 0 fully saturated rings. The highest BCUT2D eigenvalue weighted by molar-refractivity contribution is 6.32. The van der Waals surface area contributed by atoms with Crippen LogP contribution < -0.4 is 10.1 Å². The summed E-state index contributed by atoms with van der Waals surface area (Å²) in [5.74, 6) is 0.0885. The van der Waals surface area contributed by atoms with Crippen LogP contribution in [0.5, 0.6) is 5.88 Å². The fourth-order valence-corrected chi connectivity index (χ4v) is 3.19. The molecule has 1 atom stereocenters. The second-order valence-corrected chi connectivity index (χ2v) is 7.80. The molecule has 32 heavy (non-hydrogen) atoms. The molecule has 1 N–H and O–H groups in total. The van der Waals surface area contributed by atoms with Gasteiger partial charge in [-0.05, 0) is 38.5 Å². The van der Waals surface area contributed by atoms with E-state index >= 15 is 0 Å². The predicted octanol–water partition coefficient (Wildman–Crippen LogP) is 5.07. The van der Waals surface area contributed by atoms with Crippen LogP contribution in [0.15, 0.2) is 53.8 Å². The lowest BCUT2D eigenvalue weighted by Crippen LogP contribution is -2.35. The highest BCUT2D eigenvalue weighted by Crippen LogP contribution is 2.33. The molecule has 1 aromatic carbocycles. The molecule has 2 aromatic rings. The van der Waals surface area contributed by atoms with Crippen molar-refractivity contribution in [3.05, 3.63) is 64.5 Å². The van der Waals surface area contributed by atoms with Gasteiger partial charge in [-0.15, -0.1) is 0 Å². The molecule has 172 valence electrons. The average molecular weight is 470 g/mol. The minimum absolute atomic E-state index is 0.187. The summed E-state index contributed by atoms with van der Waals surface area (Å²) < 4.78 is 51.5. The number of rotatable bonds is 8. The van der Waals surface area contributed by atoms with Crippen LogP contribution in [0.4, 0.5) is 13.2 Å². The Morgan fingerprint density at radius 2 is 2.03 bits per heavy atom. The van der Waals surface area contributed by atoms with Crippen LogP contribution in [0.1, 0.15) is 32.4 Å². The molecule has 3 rings (SSSR count). The van der Waals surface area contributed by atoms with E-state index in [1.165, 1.54) is 17.7 Å². The number of benzene rings is 1. The zero-order valence-electron chi connectivity index (χ0n) is 17.6. The largest absolute Gasteiger partial charge is 0.493 e. The quantitative estimate of drug-likeness (QED) is 0.586. The van der Waals surface area contributed by atoms with E-state index in [1.807, 2.05) is 26.0 Å². The first-order chi connectivity index (χ1) is 15.1. The molecule has 1 unspecified atom stereocenters. The third-order valence-electron chi connectivity index (χ3n) is 4.66. The summed E-state index contributed by atoms with van der Waals surface area (Å²) in [6.07, 6.45) is 0.683. The summed E-state index contributed by atoms with van der Waals surface area (Å²) in [4.78, 5) is 12.2. The zero-order chi connectivity index (χ0) is 23.3. The SMILES string of the molecule is CC1=CC=C(OC(C)CNC(=O)COc2cc(C(F)(F)F)nn2-c2ccccc2Cl)CC1. The second-order valence-electron chi connectivity index (χ2n) is 7.40. The molecule has 1 heterocycles. The van der Waals surface area contributed by atoms with Crippen LogP contribution in [0, 0.1) is 0 Å². The van der Waals surface area contributed by atoms with Gasteiger partial charge in [-0.25, -0.2) is 0 Å². The molecule has 0 saturated heterocycles. The number of hydrogen-bond acceptors (Lipinski definition) is 4. The number of ether oxygens (including phenoxy) is 2. The third kappa shape index (κ3) is 6.29. The van der Waals surface area contributed by atoms with Crippen molar-refractivity contribution in [2.45, 2.75) is 39.0 Å². The Hall–Kier alpha value is -2.94. The maximum Gasteiger partial charge on any atom is 0.435 e. The highest BCUT2D eigenvalue weighted by Gasteiger charge is 2.36. The Kier molecular flexibility index (Phi) is 7.50. The Bertz CT molecular complexity index is 1030. The zero-order valence-corrected chi connectivity index (χ0v) is 18.3. The van der Waals surface area contributed by atoms with Crippen molar-refractivity contribution in [3.63, 3.8) is 0 Å². The number of alkyl halides is 3. The molecular weight excluding hydrogens is 447 g/mol. The second kappa shape index (κ2) is 10.1. The summed E-state index contributed by atoms with van der Waals surface area (Å²) in [6, 6.07) is 6.99. The number of nitrogens with zero attached hydrogens (tertiary/aromatic N) is 2. The van der Waals surface area contributed by atoms with Gasteiger partial charge < -0.3 is 14.8 Å². The average Bonchev–Trinajstić information content (AvgIpc) is 3.17. The molecule has 1 aromatic heterocycles. The monoisotopic (exact) mass is 469 g/mol. The van der Waals surface area contributed by atoms with Gasteiger partial charge in [0.05, 0.1) is 23.0 Å². The smallest absolute Gasteiger partial charge is 0.435 e. The van der Waals surface area contributed by atoms with Crippen LogP contribution in [0.25, 0.3) is 5.69 Å². The lowest BCUT2D eigenvalue weighted by Gasteiger charge is -2.20. The van der Waals surface area contributed by atoms with Crippen LogP contribution in [-0.2, 0) is 15.7 Å². The van der Waals surface area contributed by atoms with E-state index in [0.29, 0.717) is 0 Å². The predicted molar refractivity (Wildman–Crippen MR) is 114 cm³/mol. The van der Waals surface area contributed by atoms with E-state index in [0.717, 1.165) is 29.3 Å². The van der Waals surface area contributed by atoms with E-state index in [2.05, 4.69) is 10.4 Å². The summed E-state index contributed by atoms with van der Waals surface area (Å²) in [6.45, 7) is 3.59. The summed E-state index contributed by atoms with van der Waals surface area (Å²) in [5.41, 5.74) is 0.326. The number of amides is 1. The van der Waals surface area contributed by atoms with Gasteiger partial charge in [0.2, 0.25) is 5.88 Å². The van der Waals surface area contributed by atoms with Gasteiger partial charge in [-0.3, -0.25) is 4.79 Å². The first-order valence-corrected chi connectivity index (χ1v) is 10.4. The van der Waals surface area contributed by atoms with Crippen molar-refractivity contribution < 1.29 is 27.4 Å². The number of halogens is 4. The lowest BCUT2D eigenvalue weighted by molar-refractivity contribution is -0.141. The Labute approximate surface area is 188 Å². The van der Waals surface area contributed by atoms with Crippen LogP contribution in [-0.4, -0.2) is 34.9 Å². The van der Waals surface area contributed by atoms with Gasteiger partial charge >= 0.3 is 6.18 Å². The number of carbonyl (C=O) groups excluding carboxylic acids is 1. The van der Waals surface area contributed by atoms with Crippen molar-refractivity contribution in [1.29, 1.82) is 0 Å². The van der Waals surface area contributed by atoms with Crippen molar-refractivity contribution in [2.24, 2.45) is 0 Å². The normalized spacial score (nSPS) is 14.9. The third-order valence-corrected chi connectivity index (χ3v) is 4.98. The molecule has 1 aliphatic rings. The fraction of sp³-hybridized carbons (Fsp3) is 0.364. The molecule has 10 heteroatoms. The van der Waals surface area contributed by atoms with Gasteiger partial charge in [0.25, 0.3) is 5.91 Å². The first-order valence-electron chi connectivity index (χ1n) is 9.98. The molecule has 6 nitrogen and oxygen atoms in total. The Morgan fingerprint density at radius 3 is 2.69 bits per heavy atom. The number of allylic oxidation sites excluding steroid dienone is 4. The molecule has 0 bridgehead atoms. The summed E-state index contributed by atoms with van der Waals surface area (Å²) in [7, 11) is 0. The first kappa shape index (κ1) is 23.7. The van der Waals surface area contributed by atoms with Crippen LogP contribution in [0.3, 0.4) is 0 Å². The minimum Gasteiger partial charge on any atom is -0.493 e. The van der Waals surface area contributed by atoms with Gasteiger partial charge in [-0.1, -0.05) is 35.4 Å². The number of para-hydroxylation sites is 1. The maximum absolute atomic E-state index is 13.2. The summed E-state index contributed by atoms with van der Waals surface area (Å²) >= 11 is 6.09. The number of hydrogen-bond donors (Lipinski definition) is 1. The van der Waals surface area contributed by atoms with E-state index in [-0.39, 0.29) is 29.2 Å². The van der Waals surface area contributed by atoms with E-state index in [4.69, 9.17) is 21.1 Å². The number of aromatic nitrogens is 2. The molecule has 0 spiro atoms. The minimum atomic E-state index is -4.68. The van der Waals surface area contributed by atoms with Gasteiger partial charge in [0, 0.05) is 12.5 Å². The van der Waals surface area contributed by atoms with Crippen molar-refractivity contribution in [2.75, 3.05) is 13.2 Å². The topological polar surface area (TPSA) is 65.4 Å². The van der Waals surface area contributed by atoms with Crippen molar-refractivity contribution in [1.82, 2.24) is 15.1 Å². The standard InChI is InChI=1S/C22H23ClF3N3O3/c1-14-7-9-16(10-8-14)32-15(2)12-27-20(30)13-31-21-11-19(22(24,25)26)28-29(21)18-6-4-3-5-17(18)23/h3-7,9,11,15H,8,10,12-13H2,1-2H3,(H,27,30). The Morgan fingerprint density at radius 1 is 1.28 bits per heavy atom. The number of nitrogens with one attached hydrogen (secondary N) is 1. The van der Waals surface area contributed by atoms with Crippen LogP contribution in [0.2, 0.25) is 5.02 Å². The maximum atomic E-state index is 13.2. The molecule has 1 aliphatic carbocycles. The van der Waals surface area contributed by atoms with E-state index < -0.39 is 24.4 Å². The molecule has 0 radical (unpaired) electrons. The highest BCUT2D eigenvalue weighted by atomic mass is 35.5. The number of carbonyl (C=O) groups is 1.